The number of carboxylic acids is 1. The maximum atomic E-state index is 9.81. The highest BCUT2D eigenvalue weighted by Crippen LogP contribution is 1.83. The van der Waals surface area contributed by atoms with Crippen molar-refractivity contribution in [3.05, 3.63) is 0 Å². The summed E-state index contributed by atoms with van der Waals surface area (Å²) >= 11 is 0. The minimum absolute atomic E-state index is 0.250. The Bertz CT molecular complexity index is 124. The molecule has 0 unspecified atom stereocenters. The zero-order chi connectivity index (χ0) is 8.57. The van der Waals surface area contributed by atoms with Crippen LogP contribution in [0.3, 0.4) is 0 Å². The lowest BCUT2D eigenvalue weighted by Crippen LogP contribution is -2.17. The normalized spacial score (nSPS) is 10.2. The molecule has 0 aromatic heterocycles. The van der Waals surface area contributed by atoms with Crippen LogP contribution in [-0.4, -0.2) is 30.4 Å². The molecule has 0 spiro atoms. The quantitative estimate of drug-likeness (QED) is 0.572. The summed E-state index contributed by atoms with van der Waals surface area (Å²) in [6.45, 7) is 1.47. The molecule has 0 heterocycles. The summed E-state index contributed by atoms with van der Waals surface area (Å²) in [6.07, 6.45) is -0.431. The molecule has 58 valence electrons. The molecule has 0 bridgehead atoms. The number of ether oxygens (including phenoxy) is 1. The monoisotopic (exact) mass is 148 g/mol. The molecule has 0 aromatic rings. The second-order valence-corrected chi connectivity index (χ2v) is 1.30. The highest BCUT2D eigenvalue weighted by Gasteiger charge is 2.06. The van der Waals surface area contributed by atoms with E-state index < -0.39 is 12.1 Å². The topological polar surface area (TPSA) is 80.7 Å². The molecule has 0 aliphatic carbocycles. The van der Waals surface area contributed by atoms with Gasteiger partial charge in [-0.2, -0.15) is 9.59 Å². The van der Waals surface area contributed by atoms with Gasteiger partial charge in [0.1, 0.15) is 0 Å². The molecule has 5 nitrogen and oxygen atoms in total. The van der Waals surface area contributed by atoms with Crippen LogP contribution in [0, 0.1) is 0 Å². The van der Waals surface area contributed by atoms with Crippen molar-refractivity contribution in [3.8, 4) is 0 Å². The van der Waals surface area contributed by atoms with Gasteiger partial charge in [0, 0.05) is 7.11 Å². The third-order valence-corrected chi connectivity index (χ3v) is 0.701. The highest BCUT2D eigenvalue weighted by molar-refractivity contribution is 5.71. The average Bonchev–Trinajstić information content (AvgIpc) is 1.88. The van der Waals surface area contributed by atoms with E-state index in [1.165, 1.54) is 14.0 Å². The molecule has 5 heteroatoms. The predicted molar refractivity (Wildman–Crippen MR) is 29.1 cm³/mol. The van der Waals surface area contributed by atoms with Gasteiger partial charge in [-0.3, -0.25) is 0 Å². The van der Waals surface area contributed by atoms with Crippen molar-refractivity contribution >= 4 is 12.1 Å². The first-order valence-corrected chi connectivity index (χ1v) is 2.35. The van der Waals surface area contributed by atoms with Crippen LogP contribution in [0.25, 0.3) is 0 Å². The zero-order valence-electron chi connectivity index (χ0n) is 5.66. The van der Waals surface area contributed by atoms with E-state index in [4.69, 9.17) is 14.7 Å². The average molecular weight is 148 g/mol. The van der Waals surface area contributed by atoms with Crippen LogP contribution in [0.15, 0.2) is 0 Å². The van der Waals surface area contributed by atoms with E-state index in [-0.39, 0.29) is 6.15 Å². The molecular formula is C5H8O5. The number of carbonyl (C=O) groups is 1. The summed E-state index contributed by atoms with van der Waals surface area (Å²) in [4.78, 5) is 26.1. The van der Waals surface area contributed by atoms with Gasteiger partial charge in [-0.25, -0.2) is 4.79 Å². The number of aliphatic carboxylic acids is 1. The lowest BCUT2D eigenvalue weighted by molar-refractivity contribution is -0.191. The van der Waals surface area contributed by atoms with E-state index in [1.807, 2.05) is 0 Å². The minimum Gasteiger partial charge on any atom is -0.479 e. The lowest BCUT2D eigenvalue weighted by atomic mass is 10.4. The Morgan fingerprint density at radius 3 is 1.90 bits per heavy atom. The molecule has 0 saturated carbocycles. The van der Waals surface area contributed by atoms with Crippen LogP contribution in [-0.2, 0) is 19.1 Å². The van der Waals surface area contributed by atoms with Gasteiger partial charge < -0.3 is 9.84 Å². The van der Waals surface area contributed by atoms with Gasteiger partial charge in [-0.15, -0.1) is 0 Å². The molecule has 0 fully saturated rings. The van der Waals surface area contributed by atoms with Crippen molar-refractivity contribution in [2.45, 2.75) is 13.0 Å². The Morgan fingerprint density at radius 2 is 1.90 bits per heavy atom. The molecule has 0 aliphatic rings. The van der Waals surface area contributed by atoms with E-state index in [2.05, 4.69) is 4.74 Å². The summed E-state index contributed by atoms with van der Waals surface area (Å²) in [5.41, 5.74) is 0. The number of methoxy groups -OCH3 is 1. The van der Waals surface area contributed by atoms with Gasteiger partial charge in [-0.05, 0) is 6.92 Å². The fraction of sp³-hybridized carbons (Fsp3) is 0.600. The zero-order valence-corrected chi connectivity index (χ0v) is 5.66. The predicted octanol–water partition coefficient (Wildman–Crippen LogP) is -0.478. The van der Waals surface area contributed by atoms with Crippen LogP contribution in [0.2, 0.25) is 0 Å². The van der Waals surface area contributed by atoms with Crippen LogP contribution in [0.5, 0.6) is 0 Å². The largest absolute Gasteiger partial charge is 0.479 e. The van der Waals surface area contributed by atoms with Crippen LogP contribution in [0.4, 0.5) is 0 Å². The summed E-state index contributed by atoms with van der Waals surface area (Å²) in [6, 6.07) is 0. The summed E-state index contributed by atoms with van der Waals surface area (Å²) < 4.78 is 4.41. The van der Waals surface area contributed by atoms with Gasteiger partial charge in [0.25, 0.3) is 0 Å². The van der Waals surface area contributed by atoms with Gasteiger partial charge in [0.2, 0.25) is 0 Å². The Kier molecular flexibility index (Phi) is 9.05. The van der Waals surface area contributed by atoms with Crippen molar-refractivity contribution in [2.24, 2.45) is 0 Å². The third-order valence-electron chi connectivity index (χ3n) is 0.701. The molecule has 0 radical (unpaired) electrons. The molecule has 0 rings (SSSR count). The maximum absolute atomic E-state index is 9.81. The molecule has 0 saturated heterocycles. The summed E-state index contributed by atoms with van der Waals surface area (Å²) in [7, 11) is 1.36. The molecule has 0 aromatic carbocycles. The van der Waals surface area contributed by atoms with Crippen molar-refractivity contribution in [2.75, 3.05) is 7.11 Å². The third kappa shape index (κ3) is 9.94. The fourth-order valence-corrected chi connectivity index (χ4v) is 0.101. The first-order valence-electron chi connectivity index (χ1n) is 2.35. The number of hydrogen-bond donors (Lipinski definition) is 1. The molecule has 1 N–H and O–H groups in total. The van der Waals surface area contributed by atoms with Gasteiger partial charge in [0.05, 0.1) is 0 Å². The van der Waals surface area contributed by atoms with E-state index in [0.717, 1.165) is 0 Å². The van der Waals surface area contributed by atoms with E-state index in [9.17, 15) is 4.79 Å². The Hall–Kier alpha value is -1.19. The summed E-state index contributed by atoms with van der Waals surface area (Å²) in [5.74, 6) is -0.928. The molecule has 0 aliphatic heterocycles. The number of carboxylic acid groups (broad SMARTS) is 1. The second kappa shape index (κ2) is 7.81. The maximum Gasteiger partial charge on any atom is 0.373 e. The molecule has 0 amide bonds. The Balaban J connectivity index is 0. The van der Waals surface area contributed by atoms with Crippen molar-refractivity contribution < 1.29 is 24.2 Å². The molecule has 10 heavy (non-hydrogen) atoms. The fourth-order valence-electron chi connectivity index (χ4n) is 0.101. The Morgan fingerprint density at radius 1 is 1.60 bits per heavy atom. The first kappa shape index (κ1) is 11.6. The van der Waals surface area contributed by atoms with Crippen LogP contribution >= 0.6 is 0 Å². The van der Waals surface area contributed by atoms with Crippen LogP contribution in [0.1, 0.15) is 6.92 Å². The van der Waals surface area contributed by atoms with E-state index >= 15 is 0 Å². The standard InChI is InChI=1S/C4H8O3.CO2/c1-3(7-2)4(5)6;2-1-3/h3H,1-2H3,(H,5,6);/t3-;/m1./s1. The SMILES string of the molecule is CO[C@H](C)C(=O)O.O=C=O. The highest BCUT2D eigenvalue weighted by atomic mass is 16.5. The van der Waals surface area contributed by atoms with E-state index in [0.29, 0.717) is 0 Å². The van der Waals surface area contributed by atoms with Crippen molar-refractivity contribution in [1.82, 2.24) is 0 Å². The number of rotatable bonds is 2. The van der Waals surface area contributed by atoms with Crippen LogP contribution < -0.4 is 0 Å². The smallest absolute Gasteiger partial charge is 0.373 e. The van der Waals surface area contributed by atoms with Gasteiger partial charge in [-0.1, -0.05) is 0 Å². The summed E-state index contributed by atoms with van der Waals surface area (Å²) in [5, 5.41) is 8.06. The number of carbonyl (C=O) groups excluding carboxylic acids is 2. The van der Waals surface area contributed by atoms with E-state index in [1.54, 1.807) is 0 Å². The second-order valence-electron chi connectivity index (χ2n) is 1.30. The lowest BCUT2D eigenvalue weighted by Gasteiger charge is -1.98. The van der Waals surface area contributed by atoms with Gasteiger partial charge >= 0.3 is 12.1 Å². The minimum atomic E-state index is -0.928. The first-order chi connectivity index (χ1) is 4.59. The van der Waals surface area contributed by atoms with Gasteiger partial charge in [0.15, 0.2) is 6.10 Å². The van der Waals surface area contributed by atoms with Crippen molar-refractivity contribution in [1.29, 1.82) is 0 Å². The molecule has 1 atom stereocenters. The van der Waals surface area contributed by atoms with Crippen molar-refractivity contribution in [3.63, 3.8) is 0 Å². The Labute approximate surface area is 57.6 Å². The molecular weight excluding hydrogens is 140 g/mol. The number of hydrogen-bond acceptors (Lipinski definition) is 4.